The summed E-state index contributed by atoms with van der Waals surface area (Å²) in [6.07, 6.45) is 11.0. The summed E-state index contributed by atoms with van der Waals surface area (Å²) in [6.45, 7) is 2.75. The van der Waals surface area contributed by atoms with Gasteiger partial charge in [0, 0.05) is 38.0 Å². The Kier molecular flexibility index (Phi) is 8.47. The lowest BCUT2D eigenvalue weighted by Crippen LogP contribution is -2.22. The van der Waals surface area contributed by atoms with Gasteiger partial charge in [0.1, 0.15) is 0 Å². The van der Waals surface area contributed by atoms with Gasteiger partial charge in [0.2, 0.25) is 0 Å². The van der Waals surface area contributed by atoms with Gasteiger partial charge in [0.15, 0.2) is 0 Å². The van der Waals surface area contributed by atoms with E-state index < -0.39 is 12.2 Å². The molecule has 2 rings (SSSR count). The van der Waals surface area contributed by atoms with Gasteiger partial charge in [-0.2, -0.15) is 0 Å². The van der Waals surface area contributed by atoms with Gasteiger partial charge in [-0.15, -0.1) is 0 Å². The number of nitrogens with zero attached hydrogens (tertiary/aromatic N) is 4. The Hall–Kier alpha value is -1.74. The van der Waals surface area contributed by atoms with E-state index in [4.69, 9.17) is 9.47 Å². The van der Waals surface area contributed by atoms with Gasteiger partial charge in [0.05, 0.1) is 51.2 Å². The van der Waals surface area contributed by atoms with Gasteiger partial charge in [-0.1, -0.05) is 0 Å². The van der Waals surface area contributed by atoms with Crippen LogP contribution in [0.3, 0.4) is 0 Å². The highest BCUT2D eigenvalue weighted by molar-refractivity contribution is 4.76. The molecule has 2 aromatic heterocycles. The van der Waals surface area contributed by atoms with Crippen LogP contribution in [0.1, 0.15) is 12.8 Å². The van der Waals surface area contributed by atoms with E-state index in [1.54, 1.807) is 25.0 Å². The number of aromatic nitrogens is 4. The maximum atomic E-state index is 9.80. The molecular weight excluding hydrogens is 312 g/mol. The first-order valence-corrected chi connectivity index (χ1v) is 8.17. The van der Waals surface area contributed by atoms with Gasteiger partial charge in [-0.05, 0) is 12.8 Å². The number of aliphatic hydroxyl groups excluding tert-OH is 2. The second kappa shape index (κ2) is 10.9. The van der Waals surface area contributed by atoms with E-state index in [0.717, 1.165) is 12.8 Å². The van der Waals surface area contributed by atoms with Crippen LogP contribution >= 0.6 is 0 Å². The lowest BCUT2D eigenvalue weighted by Gasteiger charge is -2.13. The number of imidazole rings is 2. The molecule has 134 valence electrons. The molecule has 2 aromatic rings. The zero-order chi connectivity index (χ0) is 17.0. The summed E-state index contributed by atoms with van der Waals surface area (Å²) in [4.78, 5) is 7.84. The smallest absolute Gasteiger partial charge is 0.0952 e. The first kappa shape index (κ1) is 18.6. The second-order valence-electron chi connectivity index (χ2n) is 5.68. The fourth-order valence-electron chi connectivity index (χ4n) is 2.23. The molecule has 0 aliphatic heterocycles. The third kappa shape index (κ3) is 7.69. The lowest BCUT2D eigenvalue weighted by atomic mass is 10.3. The second-order valence-corrected chi connectivity index (χ2v) is 5.68. The molecule has 0 spiro atoms. The van der Waals surface area contributed by atoms with Crippen LogP contribution in [0.25, 0.3) is 0 Å². The van der Waals surface area contributed by atoms with Crippen LogP contribution in [0.15, 0.2) is 37.4 Å². The van der Waals surface area contributed by atoms with Crippen molar-refractivity contribution in [1.29, 1.82) is 0 Å². The van der Waals surface area contributed by atoms with Crippen molar-refractivity contribution in [3.8, 4) is 0 Å². The quantitative estimate of drug-likeness (QED) is 0.511. The molecule has 0 fully saturated rings. The van der Waals surface area contributed by atoms with Crippen molar-refractivity contribution in [2.24, 2.45) is 0 Å². The Morgan fingerprint density at radius 2 is 1.25 bits per heavy atom. The molecule has 8 nitrogen and oxygen atoms in total. The standard InChI is InChI=1S/C16H26N4O4/c21-15(9-19-5-3-17-13-19)11-23-7-1-2-8-24-12-16(22)10-20-6-4-18-14-20/h3-6,13-16,21-22H,1-2,7-12H2. The molecule has 0 aliphatic rings. The molecule has 0 saturated carbocycles. The molecule has 0 amide bonds. The average molecular weight is 338 g/mol. The van der Waals surface area contributed by atoms with Crippen LogP contribution in [0.4, 0.5) is 0 Å². The summed E-state index contributed by atoms with van der Waals surface area (Å²) < 4.78 is 14.5. The van der Waals surface area contributed by atoms with Crippen molar-refractivity contribution >= 4 is 0 Å². The normalized spacial score (nSPS) is 13.9. The molecule has 2 atom stereocenters. The number of aliphatic hydroxyl groups is 2. The number of unbranched alkanes of at least 4 members (excludes halogenated alkanes) is 1. The molecule has 0 bridgehead atoms. The molecule has 24 heavy (non-hydrogen) atoms. The zero-order valence-electron chi connectivity index (χ0n) is 13.8. The molecular formula is C16H26N4O4. The molecule has 0 aromatic carbocycles. The average Bonchev–Trinajstić information content (AvgIpc) is 3.23. The first-order valence-electron chi connectivity index (χ1n) is 8.17. The van der Waals surface area contributed by atoms with Crippen LogP contribution < -0.4 is 0 Å². The predicted molar refractivity (Wildman–Crippen MR) is 87.3 cm³/mol. The maximum Gasteiger partial charge on any atom is 0.0952 e. The monoisotopic (exact) mass is 338 g/mol. The van der Waals surface area contributed by atoms with Crippen molar-refractivity contribution in [2.75, 3.05) is 26.4 Å². The molecule has 0 saturated heterocycles. The van der Waals surface area contributed by atoms with Crippen molar-refractivity contribution in [3.05, 3.63) is 37.4 Å². The highest BCUT2D eigenvalue weighted by Gasteiger charge is 2.06. The van der Waals surface area contributed by atoms with Gasteiger partial charge in [-0.25, -0.2) is 9.97 Å². The topological polar surface area (TPSA) is 94.6 Å². The predicted octanol–water partition coefficient (Wildman–Crippen LogP) is 0.315. The van der Waals surface area contributed by atoms with Gasteiger partial charge >= 0.3 is 0 Å². The minimum absolute atomic E-state index is 0.308. The molecule has 0 radical (unpaired) electrons. The van der Waals surface area contributed by atoms with E-state index in [0.29, 0.717) is 39.5 Å². The molecule has 2 N–H and O–H groups in total. The Labute approximate surface area is 141 Å². The van der Waals surface area contributed by atoms with Crippen LogP contribution in [-0.2, 0) is 22.6 Å². The SMILES string of the molecule is OC(COCCCCOCC(O)Cn1ccnc1)Cn1ccnc1. The van der Waals surface area contributed by atoms with Gasteiger partial charge in [0.25, 0.3) is 0 Å². The van der Waals surface area contributed by atoms with Crippen molar-refractivity contribution in [1.82, 2.24) is 19.1 Å². The maximum absolute atomic E-state index is 9.80. The van der Waals surface area contributed by atoms with E-state index >= 15 is 0 Å². The lowest BCUT2D eigenvalue weighted by molar-refractivity contribution is 0.0137. The summed E-state index contributed by atoms with van der Waals surface area (Å²) >= 11 is 0. The molecule has 8 heteroatoms. The third-order valence-corrected chi connectivity index (χ3v) is 3.41. The Bertz CT molecular complexity index is 470. The Morgan fingerprint density at radius 1 is 0.792 bits per heavy atom. The van der Waals surface area contributed by atoms with E-state index in [9.17, 15) is 10.2 Å². The van der Waals surface area contributed by atoms with Crippen molar-refractivity contribution in [3.63, 3.8) is 0 Å². The summed E-state index contributed by atoms with van der Waals surface area (Å²) in [5, 5.41) is 19.6. The van der Waals surface area contributed by atoms with E-state index in [2.05, 4.69) is 9.97 Å². The Balaban J connectivity index is 1.38. The summed E-state index contributed by atoms with van der Waals surface area (Å²) in [6, 6.07) is 0. The molecule has 2 heterocycles. The van der Waals surface area contributed by atoms with Crippen molar-refractivity contribution in [2.45, 2.75) is 38.1 Å². The number of ether oxygens (including phenoxy) is 2. The van der Waals surface area contributed by atoms with Gasteiger partial charge in [-0.3, -0.25) is 0 Å². The van der Waals surface area contributed by atoms with E-state index in [-0.39, 0.29) is 0 Å². The van der Waals surface area contributed by atoms with Gasteiger partial charge < -0.3 is 28.8 Å². The number of rotatable bonds is 13. The van der Waals surface area contributed by atoms with E-state index in [1.165, 1.54) is 0 Å². The molecule has 2 unspecified atom stereocenters. The van der Waals surface area contributed by atoms with Crippen LogP contribution in [-0.4, -0.2) is 68.0 Å². The minimum atomic E-state index is -0.534. The fourth-order valence-corrected chi connectivity index (χ4v) is 2.23. The molecule has 0 aliphatic carbocycles. The van der Waals surface area contributed by atoms with E-state index in [1.807, 2.05) is 21.5 Å². The van der Waals surface area contributed by atoms with Crippen LogP contribution in [0.5, 0.6) is 0 Å². The summed E-state index contributed by atoms with van der Waals surface area (Å²) in [5.74, 6) is 0. The van der Waals surface area contributed by atoms with Crippen LogP contribution in [0, 0.1) is 0 Å². The minimum Gasteiger partial charge on any atom is -0.389 e. The summed E-state index contributed by atoms with van der Waals surface area (Å²) in [7, 11) is 0. The third-order valence-electron chi connectivity index (χ3n) is 3.41. The van der Waals surface area contributed by atoms with Crippen LogP contribution in [0.2, 0.25) is 0 Å². The fraction of sp³-hybridized carbons (Fsp3) is 0.625. The number of hydrogen-bond donors (Lipinski definition) is 2. The highest BCUT2D eigenvalue weighted by atomic mass is 16.5. The van der Waals surface area contributed by atoms with Crippen molar-refractivity contribution < 1.29 is 19.7 Å². The summed E-state index contributed by atoms with van der Waals surface area (Å²) in [5.41, 5.74) is 0. The first-order chi connectivity index (χ1) is 11.7. The largest absolute Gasteiger partial charge is 0.389 e. The number of hydrogen-bond acceptors (Lipinski definition) is 6. The Morgan fingerprint density at radius 3 is 1.62 bits per heavy atom. The highest BCUT2D eigenvalue weighted by Crippen LogP contribution is 1.98. The zero-order valence-corrected chi connectivity index (χ0v) is 13.8.